The maximum atomic E-state index is 3.83. The largest absolute Gasteiger partial charge is 0.311 e. The lowest BCUT2D eigenvalue weighted by Gasteiger charge is -2.22. The molecule has 0 aliphatic carbocycles. The Labute approximate surface area is 108 Å². The summed E-state index contributed by atoms with van der Waals surface area (Å²) in [7, 11) is 2.25. The lowest BCUT2D eigenvalue weighted by atomic mass is 10.0. The zero-order valence-electron chi connectivity index (χ0n) is 12.2. The van der Waals surface area contributed by atoms with E-state index in [-0.39, 0.29) is 0 Å². The van der Waals surface area contributed by atoms with Gasteiger partial charge in [-0.25, -0.2) is 0 Å². The molecule has 0 radical (unpaired) electrons. The highest BCUT2D eigenvalue weighted by atomic mass is 15.1. The zero-order valence-corrected chi connectivity index (χ0v) is 12.2. The molecule has 2 nitrogen and oxygen atoms in total. The van der Waals surface area contributed by atoms with Crippen LogP contribution in [0.4, 0.5) is 0 Å². The minimum Gasteiger partial charge on any atom is -0.311 e. The van der Waals surface area contributed by atoms with E-state index in [4.69, 9.17) is 0 Å². The second-order valence-electron chi connectivity index (χ2n) is 5.85. The van der Waals surface area contributed by atoms with Crippen LogP contribution >= 0.6 is 0 Å². The molecule has 1 rings (SSSR count). The molecule has 1 heterocycles. The third-order valence-corrected chi connectivity index (χ3v) is 3.96. The summed E-state index contributed by atoms with van der Waals surface area (Å²) in [4.78, 5) is 2.47. The minimum absolute atomic E-state index is 0.709. The van der Waals surface area contributed by atoms with Crippen molar-refractivity contribution in [3.8, 4) is 0 Å². The number of unbranched alkanes of at least 4 members (excludes halogenated alkanes) is 3. The highest BCUT2D eigenvalue weighted by Gasteiger charge is 2.16. The lowest BCUT2D eigenvalue weighted by Crippen LogP contribution is -2.37. The van der Waals surface area contributed by atoms with E-state index in [0.29, 0.717) is 6.04 Å². The first kappa shape index (κ1) is 15.0. The fourth-order valence-electron chi connectivity index (χ4n) is 2.77. The first-order chi connectivity index (χ1) is 8.22. The van der Waals surface area contributed by atoms with Gasteiger partial charge in [-0.05, 0) is 52.7 Å². The predicted octanol–water partition coefficient (Wildman–Crippen LogP) is 3.42. The van der Waals surface area contributed by atoms with Gasteiger partial charge in [0.05, 0.1) is 0 Å². The standard InChI is InChI=1S/C15H32N2/c1-4-5-6-7-9-14(2)16-15-10-8-12-17(3)13-11-15/h14-16H,4-13H2,1-3H3. The van der Waals surface area contributed by atoms with Crippen molar-refractivity contribution in [3.05, 3.63) is 0 Å². The SMILES string of the molecule is CCCCCCC(C)NC1CCCN(C)CC1. The van der Waals surface area contributed by atoms with Crippen LogP contribution in [-0.4, -0.2) is 37.1 Å². The van der Waals surface area contributed by atoms with Gasteiger partial charge in [-0.3, -0.25) is 0 Å². The molecule has 2 heteroatoms. The lowest BCUT2D eigenvalue weighted by molar-refractivity contribution is 0.337. The van der Waals surface area contributed by atoms with Crippen LogP contribution < -0.4 is 5.32 Å². The van der Waals surface area contributed by atoms with Gasteiger partial charge in [-0.2, -0.15) is 0 Å². The summed E-state index contributed by atoms with van der Waals surface area (Å²) in [5.74, 6) is 0. The van der Waals surface area contributed by atoms with Crippen LogP contribution in [0, 0.1) is 0 Å². The zero-order chi connectivity index (χ0) is 12.5. The molecule has 1 aliphatic heterocycles. The van der Waals surface area contributed by atoms with Crippen molar-refractivity contribution in [2.45, 2.75) is 77.3 Å². The van der Waals surface area contributed by atoms with Crippen molar-refractivity contribution in [2.75, 3.05) is 20.1 Å². The van der Waals surface area contributed by atoms with Gasteiger partial charge in [0.2, 0.25) is 0 Å². The Balaban J connectivity index is 2.10. The molecule has 17 heavy (non-hydrogen) atoms. The molecule has 0 aromatic rings. The van der Waals surface area contributed by atoms with Gasteiger partial charge in [0, 0.05) is 12.1 Å². The number of likely N-dealkylation sites (tertiary alicyclic amines) is 1. The van der Waals surface area contributed by atoms with Crippen LogP contribution in [0.2, 0.25) is 0 Å². The average Bonchev–Trinajstić information content (AvgIpc) is 2.50. The molecule has 2 atom stereocenters. The average molecular weight is 240 g/mol. The summed E-state index contributed by atoms with van der Waals surface area (Å²) >= 11 is 0. The second kappa shape index (κ2) is 8.93. The molecule has 2 unspecified atom stereocenters. The van der Waals surface area contributed by atoms with Crippen LogP contribution in [0.15, 0.2) is 0 Å². The molecule has 0 aromatic carbocycles. The van der Waals surface area contributed by atoms with E-state index >= 15 is 0 Å². The normalized spacial score (nSPS) is 24.5. The molecule has 0 aromatic heterocycles. The van der Waals surface area contributed by atoms with Crippen molar-refractivity contribution < 1.29 is 0 Å². The Hall–Kier alpha value is -0.0800. The summed E-state index contributed by atoms with van der Waals surface area (Å²) in [5.41, 5.74) is 0. The van der Waals surface area contributed by atoms with Gasteiger partial charge >= 0.3 is 0 Å². The molecule has 1 fully saturated rings. The number of rotatable bonds is 7. The fraction of sp³-hybridized carbons (Fsp3) is 1.00. The van der Waals surface area contributed by atoms with E-state index in [0.717, 1.165) is 6.04 Å². The van der Waals surface area contributed by atoms with Gasteiger partial charge in [0.15, 0.2) is 0 Å². The number of hydrogen-bond acceptors (Lipinski definition) is 2. The van der Waals surface area contributed by atoms with E-state index in [1.165, 1.54) is 64.5 Å². The molecule has 1 saturated heterocycles. The maximum absolute atomic E-state index is 3.83. The van der Waals surface area contributed by atoms with Crippen LogP contribution in [0.25, 0.3) is 0 Å². The van der Waals surface area contributed by atoms with Crippen molar-refractivity contribution in [3.63, 3.8) is 0 Å². The predicted molar refractivity (Wildman–Crippen MR) is 76.5 cm³/mol. The highest BCUT2D eigenvalue weighted by Crippen LogP contribution is 2.12. The summed E-state index contributed by atoms with van der Waals surface area (Å²) in [6.07, 6.45) is 11.0. The Bertz CT molecular complexity index is 182. The number of nitrogens with one attached hydrogen (secondary N) is 1. The van der Waals surface area contributed by atoms with Crippen LogP contribution in [0.5, 0.6) is 0 Å². The molecule has 0 saturated carbocycles. The molecular formula is C15H32N2. The third-order valence-electron chi connectivity index (χ3n) is 3.96. The maximum Gasteiger partial charge on any atom is 0.00821 e. The Morgan fingerprint density at radius 2 is 2.00 bits per heavy atom. The second-order valence-corrected chi connectivity index (χ2v) is 5.85. The monoisotopic (exact) mass is 240 g/mol. The van der Waals surface area contributed by atoms with Crippen molar-refractivity contribution in [1.29, 1.82) is 0 Å². The van der Waals surface area contributed by atoms with Gasteiger partial charge in [0.25, 0.3) is 0 Å². The molecular weight excluding hydrogens is 208 g/mol. The quantitative estimate of drug-likeness (QED) is 0.686. The number of nitrogens with zero attached hydrogens (tertiary/aromatic N) is 1. The smallest absolute Gasteiger partial charge is 0.00821 e. The van der Waals surface area contributed by atoms with E-state index in [9.17, 15) is 0 Å². The summed E-state index contributed by atoms with van der Waals surface area (Å²) in [6, 6.07) is 1.47. The van der Waals surface area contributed by atoms with Gasteiger partial charge in [-0.15, -0.1) is 0 Å². The van der Waals surface area contributed by atoms with Gasteiger partial charge < -0.3 is 10.2 Å². The molecule has 1 N–H and O–H groups in total. The van der Waals surface area contributed by atoms with Crippen molar-refractivity contribution >= 4 is 0 Å². The van der Waals surface area contributed by atoms with Crippen molar-refractivity contribution in [1.82, 2.24) is 10.2 Å². The Kier molecular flexibility index (Phi) is 7.87. The minimum atomic E-state index is 0.709. The van der Waals surface area contributed by atoms with Crippen molar-refractivity contribution in [2.24, 2.45) is 0 Å². The fourth-order valence-corrected chi connectivity index (χ4v) is 2.77. The summed E-state index contributed by atoms with van der Waals surface area (Å²) < 4.78 is 0. The summed E-state index contributed by atoms with van der Waals surface area (Å²) in [5, 5.41) is 3.83. The third kappa shape index (κ3) is 7.05. The molecule has 0 bridgehead atoms. The summed E-state index contributed by atoms with van der Waals surface area (Å²) in [6.45, 7) is 7.19. The first-order valence-electron chi connectivity index (χ1n) is 7.67. The van der Waals surface area contributed by atoms with Gasteiger partial charge in [0.1, 0.15) is 0 Å². The van der Waals surface area contributed by atoms with Gasteiger partial charge in [-0.1, -0.05) is 32.6 Å². The number of hydrogen-bond donors (Lipinski definition) is 1. The first-order valence-corrected chi connectivity index (χ1v) is 7.67. The molecule has 102 valence electrons. The van der Waals surface area contributed by atoms with E-state index in [2.05, 4.69) is 31.1 Å². The Morgan fingerprint density at radius 3 is 2.76 bits per heavy atom. The molecule has 1 aliphatic rings. The van der Waals surface area contributed by atoms with Crippen LogP contribution in [-0.2, 0) is 0 Å². The van der Waals surface area contributed by atoms with Crippen LogP contribution in [0.3, 0.4) is 0 Å². The molecule has 0 spiro atoms. The van der Waals surface area contributed by atoms with E-state index < -0.39 is 0 Å². The van der Waals surface area contributed by atoms with Crippen LogP contribution in [0.1, 0.15) is 65.2 Å². The van der Waals surface area contributed by atoms with E-state index in [1.807, 2.05) is 0 Å². The topological polar surface area (TPSA) is 15.3 Å². The molecule has 0 amide bonds. The van der Waals surface area contributed by atoms with E-state index in [1.54, 1.807) is 0 Å². The highest BCUT2D eigenvalue weighted by molar-refractivity contribution is 4.76. The Morgan fingerprint density at radius 1 is 1.18 bits per heavy atom.